The molecule has 3 amide bonds. The number of benzene rings is 1. The van der Waals surface area contributed by atoms with Crippen LogP contribution in [-0.4, -0.2) is 44.2 Å². The summed E-state index contributed by atoms with van der Waals surface area (Å²) >= 11 is 1.18. The van der Waals surface area contributed by atoms with Crippen molar-refractivity contribution in [1.29, 1.82) is 0 Å². The van der Waals surface area contributed by atoms with E-state index in [1.807, 2.05) is 0 Å². The number of carbonyl (C=O) groups excluding carboxylic acids is 3. The molecule has 0 spiro atoms. The van der Waals surface area contributed by atoms with Gasteiger partial charge < -0.3 is 25.6 Å². The number of anilines is 2. The van der Waals surface area contributed by atoms with Crippen LogP contribution in [0.15, 0.2) is 35.6 Å². The fourth-order valence-electron chi connectivity index (χ4n) is 2.65. The summed E-state index contributed by atoms with van der Waals surface area (Å²) in [6.45, 7) is 1.22. The number of aromatic nitrogens is 2. The number of aliphatic hydroxyl groups is 1. The molecule has 2 aromatic rings. The van der Waals surface area contributed by atoms with E-state index in [1.165, 1.54) is 24.9 Å². The predicted molar refractivity (Wildman–Crippen MR) is 109 cm³/mol. The summed E-state index contributed by atoms with van der Waals surface area (Å²) in [4.78, 5) is 39.8. The van der Waals surface area contributed by atoms with Crippen molar-refractivity contribution in [3.63, 3.8) is 0 Å². The number of thioether (sulfide) groups is 1. The molecule has 0 aliphatic heterocycles. The molecule has 0 unspecified atom stereocenters. The Kier molecular flexibility index (Phi) is 6.89. The first kappa shape index (κ1) is 20.9. The van der Waals surface area contributed by atoms with Crippen LogP contribution in [0.1, 0.15) is 25.5 Å². The van der Waals surface area contributed by atoms with E-state index in [0.29, 0.717) is 22.2 Å². The number of nitrogens with one attached hydrogen (secondary N) is 3. The fourth-order valence-corrected chi connectivity index (χ4v) is 3.45. The highest BCUT2D eigenvalue weighted by Crippen LogP contribution is 2.22. The Bertz CT molecular complexity index is 910. The van der Waals surface area contributed by atoms with Crippen LogP contribution in [0, 0.1) is 0 Å². The van der Waals surface area contributed by atoms with E-state index in [-0.39, 0.29) is 42.7 Å². The molecule has 0 atom stereocenters. The number of imidazole rings is 1. The van der Waals surface area contributed by atoms with Gasteiger partial charge in [-0.15, -0.1) is 0 Å². The molecule has 10 heteroatoms. The third-order valence-corrected chi connectivity index (χ3v) is 5.10. The molecule has 1 aliphatic rings. The maximum Gasteiger partial charge on any atom is 0.240 e. The van der Waals surface area contributed by atoms with Gasteiger partial charge in [-0.2, -0.15) is 0 Å². The van der Waals surface area contributed by atoms with E-state index in [1.54, 1.807) is 28.8 Å². The van der Waals surface area contributed by atoms with Crippen molar-refractivity contribution in [1.82, 2.24) is 14.9 Å². The van der Waals surface area contributed by atoms with Crippen LogP contribution in [0.4, 0.5) is 11.4 Å². The highest BCUT2D eigenvalue weighted by molar-refractivity contribution is 7.99. The van der Waals surface area contributed by atoms with Crippen LogP contribution < -0.4 is 16.0 Å². The minimum atomic E-state index is -0.252. The van der Waals surface area contributed by atoms with Crippen LogP contribution in [0.5, 0.6) is 0 Å². The first-order valence-electron chi connectivity index (χ1n) is 9.19. The van der Waals surface area contributed by atoms with E-state index in [9.17, 15) is 19.5 Å². The number of aliphatic hydroxyl groups excluding tert-OH is 1. The number of carbonyl (C=O) groups is 3. The summed E-state index contributed by atoms with van der Waals surface area (Å²) < 4.78 is 1.62. The van der Waals surface area contributed by atoms with Gasteiger partial charge in [0.05, 0.1) is 24.3 Å². The molecule has 154 valence electrons. The standard InChI is InChI=1S/C19H23N5O4S/c1-12(26)21-14-3-2-4-15(7-14)23-18(28)11-29-19-20-8-16(10-25)24(19)9-17(27)22-13-5-6-13/h2-4,7-8,13,25H,5-6,9-11H2,1H3,(H,21,26)(H,22,27)(H,23,28). The van der Waals surface area contributed by atoms with Crippen molar-refractivity contribution >= 4 is 40.9 Å². The van der Waals surface area contributed by atoms with Gasteiger partial charge in [-0.1, -0.05) is 17.8 Å². The molecule has 1 aliphatic carbocycles. The molecule has 29 heavy (non-hydrogen) atoms. The Morgan fingerprint density at radius 2 is 1.93 bits per heavy atom. The summed E-state index contributed by atoms with van der Waals surface area (Å²) in [5.74, 6) is -0.503. The second kappa shape index (κ2) is 9.57. The van der Waals surface area contributed by atoms with Crippen molar-refractivity contribution in [2.24, 2.45) is 0 Å². The first-order chi connectivity index (χ1) is 13.9. The molecule has 4 N–H and O–H groups in total. The first-order valence-corrected chi connectivity index (χ1v) is 10.2. The van der Waals surface area contributed by atoms with E-state index in [0.717, 1.165) is 12.8 Å². The van der Waals surface area contributed by atoms with E-state index >= 15 is 0 Å². The Morgan fingerprint density at radius 1 is 1.21 bits per heavy atom. The van der Waals surface area contributed by atoms with Gasteiger partial charge in [0, 0.05) is 24.3 Å². The number of hydrogen-bond donors (Lipinski definition) is 4. The number of amides is 3. The Labute approximate surface area is 172 Å². The van der Waals surface area contributed by atoms with Gasteiger partial charge in [0.1, 0.15) is 6.54 Å². The zero-order valence-corrected chi connectivity index (χ0v) is 16.8. The lowest BCUT2D eigenvalue weighted by molar-refractivity contribution is -0.122. The Balaban J connectivity index is 1.57. The zero-order chi connectivity index (χ0) is 20.8. The topological polar surface area (TPSA) is 125 Å². The normalized spacial score (nSPS) is 13.0. The third-order valence-electron chi connectivity index (χ3n) is 4.11. The van der Waals surface area contributed by atoms with E-state index in [4.69, 9.17) is 0 Å². The highest BCUT2D eigenvalue weighted by Gasteiger charge is 2.24. The molecule has 1 aromatic heterocycles. The minimum absolute atomic E-state index is 0.0507. The van der Waals surface area contributed by atoms with Gasteiger partial charge in [0.25, 0.3) is 0 Å². The van der Waals surface area contributed by atoms with Crippen molar-refractivity contribution in [2.45, 2.75) is 44.1 Å². The Hall–Kier alpha value is -2.85. The SMILES string of the molecule is CC(=O)Nc1cccc(NC(=O)CSc2ncc(CO)n2CC(=O)NC2CC2)c1. The second-order valence-electron chi connectivity index (χ2n) is 6.72. The van der Waals surface area contributed by atoms with Crippen molar-refractivity contribution in [3.05, 3.63) is 36.2 Å². The lowest BCUT2D eigenvalue weighted by Gasteiger charge is -2.11. The van der Waals surface area contributed by atoms with Gasteiger partial charge >= 0.3 is 0 Å². The maximum absolute atomic E-state index is 12.3. The number of nitrogens with zero attached hydrogens (tertiary/aromatic N) is 2. The average molecular weight is 417 g/mol. The molecular formula is C19H23N5O4S. The summed E-state index contributed by atoms with van der Waals surface area (Å²) in [6, 6.07) is 7.09. The summed E-state index contributed by atoms with van der Waals surface area (Å²) in [5, 5.41) is 18.3. The van der Waals surface area contributed by atoms with Crippen LogP contribution in [0.3, 0.4) is 0 Å². The monoisotopic (exact) mass is 417 g/mol. The molecule has 9 nitrogen and oxygen atoms in total. The van der Waals surface area contributed by atoms with Crippen molar-refractivity contribution in [3.8, 4) is 0 Å². The smallest absolute Gasteiger partial charge is 0.240 e. The van der Waals surface area contributed by atoms with Gasteiger partial charge in [-0.3, -0.25) is 14.4 Å². The van der Waals surface area contributed by atoms with Crippen LogP contribution >= 0.6 is 11.8 Å². The van der Waals surface area contributed by atoms with Gasteiger partial charge in [-0.05, 0) is 31.0 Å². The second-order valence-corrected chi connectivity index (χ2v) is 7.66. The van der Waals surface area contributed by atoms with Crippen LogP contribution in [-0.2, 0) is 27.5 Å². The van der Waals surface area contributed by atoms with Gasteiger partial charge in [0.15, 0.2) is 5.16 Å². The maximum atomic E-state index is 12.3. The van der Waals surface area contributed by atoms with Crippen LogP contribution in [0.25, 0.3) is 0 Å². The minimum Gasteiger partial charge on any atom is -0.390 e. The number of hydrogen-bond acceptors (Lipinski definition) is 6. The quantitative estimate of drug-likeness (QED) is 0.456. The molecule has 0 radical (unpaired) electrons. The van der Waals surface area contributed by atoms with Crippen LogP contribution in [0.2, 0.25) is 0 Å². The molecule has 3 rings (SSSR count). The molecule has 0 bridgehead atoms. The molecule has 0 saturated heterocycles. The van der Waals surface area contributed by atoms with E-state index < -0.39 is 0 Å². The molecule has 1 heterocycles. The summed E-state index contributed by atoms with van der Waals surface area (Å²) in [5.41, 5.74) is 1.67. The summed E-state index contributed by atoms with van der Waals surface area (Å²) in [6.07, 6.45) is 3.49. The van der Waals surface area contributed by atoms with Crippen molar-refractivity contribution < 1.29 is 19.5 Å². The highest BCUT2D eigenvalue weighted by atomic mass is 32.2. The summed E-state index contributed by atoms with van der Waals surface area (Å²) in [7, 11) is 0. The lowest BCUT2D eigenvalue weighted by atomic mass is 10.2. The van der Waals surface area contributed by atoms with Gasteiger partial charge in [-0.25, -0.2) is 4.98 Å². The zero-order valence-electron chi connectivity index (χ0n) is 16.0. The predicted octanol–water partition coefficient (Wildman–Crippen LogP) is 1.34. The average Bonchev–Trinajstić information content (AvgIpc) is 3.39. The lowest BCUT2D eigenvalue weighted by Crippen LogP contribution is -2.30. The fraction of sp³-hybridized carbons (Fsp3) is 0.368. The third kappa shape index (κ3) is 6.33. The molecular weight excluding hydrogens is 394 g/mol. The van der Waals surface area contributed by atoms with Gasteiger partial charge in [0.2, 0.25) is 17.7 Å². The Morgan fingerprint density at radius 3 is 2.59 bits per heavy atom. The molecule has 1 saturated carbocycles. The largest absolute Gasteiger partial charge is 0.390 e. The van der Waals surface area contributed by atoms with Crippen molar-refractivity contribution in [2.75, 3.05) is 16.4 Å². The molecule has 1 aromatic carbocycles. The molecule has 1 fully saturated rings. The van der Waals surface area contributed by atoms with E-state index in [2.05, 4.69) is 20.9 Å². The number of rotatable bonds is 9.